The molecule has 4 nitrogen and oxygen atoms in total. The van der Waals surface area contributed by atoms with Crippen LogP contribution in [0.2, 0.25) is 0 Å². The highest BCUT2D eigenvalue weighted by atomic mass is 16.4. The second-order valence-corrected chi connectivity index (χ2v) is 5.00. The molecule has 0 saturated carbocycles. The van der Waals surface area contributed by atoms with Crippen molar-refractivity contribution < 1.29 is 14.7 Å². The van der Waals surface area contributed by atoms with Crippen LogP contribution in [0.3, 0.4) is 0 Å². The number of aliphatic carboxylic acids is 1. The third kappa shape index (κ3) is 3.69. The largest absolute Gasteiger partial charge is 0.480 e. The van der Waals surface area contributed by atoms with Gasteiger partial charge in [-0.3, -0.25) is 14.5 Å². The molecular formula is C17H17NO3. The minimum absolute atomic E-state index is 0.310. The number of benzene rings is 2. The Balaban J connectivity index is 2.41. The fourth-order valence-corrected chi connectivity index (χ4v) is 2.28. The molecule has 0 bridgehead atoms. The highest BCUT2D eigenvalue weighted by Gasteiger charge is 2.20. The van der Waals surface area contributed by atoms with Crippen LogP contribution in [0.25, 0.3) is 0 Å². The first-order valence-corrected chi connectivity index (χ1v) is 6.64. The molecule has 0 saturated heterocycles. The second-order valence-electron chi connectivity index (χ2n) is 5.00. The van der Waals surface area contributed by atoms with E-state index in [0.29, 0.717) is 11.3 Å². The number of aryl methyl sites for hydroxylation is 2. The average molecular weight is 283 g/mol. The highest BCUT2D eigenvalue weighted by Crippen LogP contribution is 2.18. The van der Waals surface area contributed by atoms with Crippen LogP contribution >= 0.6 is 0 Å². The number of hydrogen-bond donors (Lipinski definition) is 1. The van der Waals surface area contributed by atoms with Gasteiger partial charge in [0.15, 0.2) is 0 Å². The van der Waals surface area contributed by atoms with Gasteiger partial charge < -0.3 is 5.11 Å². The molecule has 108 valence electrons. The topological polar surface area (TPSA) is 57.6 Å². The summed E-state index contributed by atoms with van der Waals surface area (Å²) < 4.78 is 0. The SMILES string of the molecule is Cc1cc(C)cc(C(=O)N(CC(=O)O)c2ccccc2)c1. The van der Waals surface area contributed by atoms with E-state index in [4.69, 9.17) is 5.11 Å². The van der Waals surface area contributed by atoms with Crippen molar-refractivity contribution in [3.63, 3.8) is 0 Å². The molecule has 0 unspecified atom stereocenters. The van der Waals surface area contributed by atoms with Gasteiger partial charge in [-0.2, -0.15) is 0 Å². The van der Waals surface area contributed by atoms with E-state index >= 15 is 0 Å². The Labute approximate surface area is 123 Å². The van der Waals surface area contributed by atoms with Gasteiger partial charge in [-0.15, -0.1) is 0 Å². The summed E-state index contributed by atoms with van der Waals surface area (Å²) in [6, 6.07) is 14.3. The lowest BCUT2D eigenvalue weighted by atomic mass is 10.1. The Bertz CT molecular complexity index is 645. The Morgan fingerprint density at radius 2 is 1.57 bits per heavy atom. The van der Waals surface area contributed by atoms with Crippen LogP contribution in [0.1, 0.15) is 21.5 Å². The van der Waals surface area contributed by atoms with Gasteiger partial charge in [0.25, 0.3) is 5.91 Å². The van der Waals surface area contributed by atoms with Crippen molar-refractivity contribution in [3.8, 4) is 0 Å². The monoisotopic (exact) mass is 283 g/mol. The summed E-state index contributed by atoms with van der Waals surface area (Å²) in [6.45, 7) is 3.46. The lowest BCUT2D eigenvalue weighted by molar-refractivity contribution is -0.135. The standard InChI is InChI=1S/C17H17NO3/c1-12-8-13(2)10-14(9-12)17(21)18(11-16(19)20)15-6-4-3-5-7-15/h3-10H,11H2,1-2H3,(H,19,20). The molecule has 0 fully saturated rings. The first kappa shape index (κ1) is 14.8. The summed E-state index contributed by atoms with van der Waals surface area (Å²) in [6.07, 6.45) is 0. The normalized spacial score (nSPS) is 10.2. The molecule has 0 atom stereocenters. The Hall–Kier alpha value is -2.62. The van der Waals surface area contributed by atoms with Gasteiger partial charge in [0.05, 0.1) is 0 Å². The number of carboxylic acids is 1. The summed E-state index contributed by atoms with van der Waals surface area (Å²) in [5, 5.41) is 9.06. The number of para-hydroxylation sites is 1. The van der Waals surface area contributed by atoms with Crippen molar-refractivity contribution in [2.45, 2.75) is 13.8 Å². The zero-order valence-electron chi connectivity index (χ0n) is 12.0. The van der Waals surface area contributed by atoms with E-state index in [1.165, 1.54) is 4.90 Å². The smallest absolute Gasteiger partial charge is 0.323 e. The van der Waals surface area contributed by atoms with Crippen molar-refractivity contribution in [1.29, 1.82) is 0 Å². The summed E-state index contributed by atoms with van der Waals surface area (Å²) >= 11 is 0. The maximum Gasteiger partial charge on any atom is 0.323 e. The number of carboxylic acid groups (broad SMARTS) is 1. The van der Waals surface area contributed by atoms with Crippen LogP contribution in [0.4, 0.5) is 5.69 Å². The summed E-state index contributed by atoms with van der Waals surface area (Å²) in [7, 11) is 0. The van der Waals surface area contributed by atoms with Crippen LogP contribution in [0.15, 0.2) is 48.5 Å². The molecule has 0 aliphatic carbocycles. The molecular weight excluding hydrogens is 266 g/mol. The van der Waals surface area contributed by atoms with E-state index in [1.807, 2.05) is 26.0 Å². The molecule has 0 aliphatic heterocycles. The lowest BCUT2D eigenvalue weighted by Gasteiger charge is -2.21. The predicted octanol–water partition coefficient (Wildman–Crippen LogP) is 3.03. The fraction of sp³-hybridized carbons (Fsp3) is 0.176. The van der Waals surface area contributed by atoms with E-state index in [2.05, 4.69) is 0 Å². The third-order valence-corrected chi connectivity index (χ3v) is 3.08. The number of nitrogens with zero attached hydrogens (tertiary/aromatic N) is 1. The number of amides is 1. The van der Waals surface area contributed by atoms with Crippen LogP contribution in [-0.2, 0) is 4.79 Å². The van der Waals surface area contributed by atoms with Gasteiger partial charge in [0, 0.05) is 11.3 Å². The molecule has 2 rings (SSSR count). The zero-order chi connectivity index (χ0) is 15.4. The zero-order valence-corrected chi connectivity index (χ0v) is 12.0. The maximum absolute atomic E-state index is 12.6. The van der Waals surface area contributed by atoms with Gasteiger partial charge in [-0.05, 0) is 38.1 Å². The minimum Gasteiger partial charge on any atom is -0.480 e. The Morgan fingerprint density at radius 3 is 2.10 bits per heavy atom. The predicted molar refractivity (Wildman–Crippen MR) is 81.7 cm³/mol. The Morgan fingerprint density at radius 1 is 1.00 bits per heavy atom. The molecule has 0 aliphatic rings. The van der Waals surface area contributed by atoms with Crippen molar-refractivity contribution in [3.05, 3.63) is 65.2 Å². The first-order valence-electron chi connectivity index (χ1n) is 6.64. The molecule has 2 aromatic rings. The molecule has 0 heterocycles. The van der Waals surface area contributed by atoms with Crippen molar-refractivity contribution in [2.75, 3.05) is 11.4 Å². The molecule has 2 aromatic carbocycles. The molecule has 1 amide bonds. The molecule has 1 N–H and O–H groups in total. The van der Waals surface area contributed by atoms with Crippen LogP contribution < -0.4 is 4.90 Å². The van der Waals surface area contributed by atoms with Crippen LogP contribution in [0, 0.1) is 13.8 Å². The molecule has 0 spiro atoms. The van der Waals surface area contributed by atoms with Crippen molar-refractivity contribution in [2.24, 2.45) is 0 Å². The van der Waals surface area contributed by atoms with Gasteiger partial charge >= 0.3 is 5.97 Å². The fourth-order valence-electron chi connectivity index (χ4n) is 2.28. The summed E-state index contributed by atoms with van der Waals surface area (Å²) in [5.41, 5.74) is 3.02. The van der Waals surface area contributed by atoms with Gasteiger partial charge in [-0.25, -0.2) is 0 Å². The number of anilines is 1. The lowest BCUT2D eigenvalue weighted by Crippen LogP contribution is -2.35. The third-order valence-electron chi connectivity index (χ3n) is 3.08. The van der Waals surface area contributed by atoms with E-state index in [1.54, 1.807) is 36.4 Å². The van der Waals surface area contributed by atoms with Gasteiger partial charge in [0.1, 0.15) is 6.54 Å². The second kappa shape index (κ2) is 6.22. The molecule has 4 heteroatoms. The maximum atomic E-state index is 12.6. The molecule has 21 heavy (non-hydrogen) atoms. The molecule has 0 radical (unpaired) electrons. The van der Waals surface area contributed by atoms with Gasteiger partial charge in [0.2, 0.25) is 0 Å². The van der Waals surface area contributed by atoms with E-state index in [9.17, 15) is 9.59 Å². The first-order chi connectivity index (χ1) is 9.97. The average Bonchev–Trinajstić information content (AvgIpc) is 2.44. The van der Waals surface area contributed by atoms with Crippen LogP contribution in [-0.4, -0.2) is 23.5 Å². The van der Waals surface area contributed by atoms with E-state index < -0.39 is 5.97 Å². The van der Waals surface area contributed by atoms with Crippen molar-refractivity contribution >= 4 is 17.6 Å². The number of rotatable bonds is 4. The van der Waals surface area contributed by atoms with Crippen LogP contribution in [0.5, 0.6) is 0 Å². The van der Waals surface area contributed by atoms with E-state index in [-0.39, 0.29) is 12.5 Å². The Kier molecular flexibility index (Phi) is 4.38. The van der Waals surface area contributed by atoms with Crippen molar-refractivity contribution in [1.82, 2.24) is 0 Å². The van der Waals surface area contributed by atoms with Gasteiger partial charge in [-0.1, -0.05) is 35.4 Å². The van der Waals surface area contributed by atoms with E-state index in [0.717, 1.165) is 11.1 Å². The summed E-state index contributed by atoms with van der Waals surface area (Å²) in [5.74, 6) is -1.35. The quantitative estimate of drug-likeness (QED) is 0.938. The highest BCUT2D eigenvalue weighted by molar-refractivity contribution is 6.08. The minimum atomic E-state index is -1.04. The summed E-state index contributed by atoms with van der Waals surface area (Å²) in [4.78, 5) is 25.0. The number of carbonyl (C=O) groups excluding carboxylic acids is 1. The number of hydrogen-bond acceptors (Lipinski definition) is 2. The molecule has 0 aromatic heterocycles. The number of carbonyl (C=O) groups is 2.